The summed E-state index contributed by atoms with van der Waals surface area (Å²) < 4.78 is 2.09. The van der Waals surface area contributed by atoms with Gasteiger partial charge in [-0.15, -0.1) is 0 Å². The number of unbranched alkanes of at least 4 members (excludes halogenated alkanes) is 3. The molecule has 3 aliphatic heterocycles. The predicted octanol–water partition coefficient (Wildman–Crippen LogP) is 2.73. The highest BCUT2D eigenvalue weighted by Gasteiger charge is 2.45. The summed E-state index contributed by atoms with van der Waals surface area (Å²) in [7, 11) is 0. The second-order valence-corrected chi connectivity index (χ2v) is 16.1. The third-order valence-corrected chi connectivity index (χ3v) is 11.9. The summed E-state index contributed by atoms with van der Waals surface area (Å²) in [5.41, 5.74) is 3.43. The van der Waals surface area contributed by atoms with Crippen LogP contribution in [0.3, 0.4) is 0 Å². The lowest BCUT2D eigenvalue weighted by molar-refractivity contribution is -0.136. The minimum absolute atomic E-state index is 0.0413. The number of carbonyl (C=O) groups excluding carboxylic acids is 6. The summed E-state index contributed by atoms with van der Waals surface area (Å²) >= 11 is 0. The first-order valence-electron chi connectivity index (χ1n) is 20.9. The van der Waals surface area contributed by atoms with E-state index in [0.29, 0.717) is 24.0 Å². The Morgan fingerprint density at radius 3 is 2.48 bits per heavy atom. The summed E-state index contributed by atoms with van der Waals surface area (Å²) in [6.07, 6.45) is 11.1. The number of pyridine rings is 1. The Labute approximate surface area is 346 Å². The Balaban J connectivity index is 0.698. The number of rotatable bonds is 16. The van der Waals surface area contributed by atoms with Crippen LogP contribution in [0.1, 0.15) is 107 Å². The molecule has 4 aromatic rings. The van der Waals surface area contributed by atoms with Crippen LogP contribution in [0.25, 0.3) is 11.2 Å². The van der Waals surface area contributed by atoms with Crippen LogP contribution in [0.5, 0.6) is 0 Å². The average molecular weight is 819 g/mol. The Bertz CT molecular complexity index is 2300. The maximum atomic E-state index is 13.3. The van der Waals surface area contributed by atoms with Crippen LogP contribution in [0.2, 0.25) is 0 Å². The monoisotopic (exact) mass is 818 g/mol. The van der Waals surface area contributed by atoms with Crippen molar-refractivity contribution in [1.82, 2.24) is 50.3 Å². The minimum atomic E-state index is -1.05. The third-order valence-electron chi connectivity index (χ3n) is 11.9. The fraction of sp³-hybridized carbons (Fsp3) is 0.476. The van der Waals surface area contributed by atoms with E-state index in [1.807, 2.05) is 25.4 Å². The van der Waals surface area contributed by atoms with Crippen LogP contribution >= 0.6 is 0 Å². The van der Waals surface area contributed by atoms with Gasteiger partial charge in [0.25, 0.3) is 17.7 Å². The van der Waals surface area contributed by atoms with Crippen molar-refractivity contribution in [2.24, 2.45) is 0 Å². The van der Waals surface area contributed by atoms with Crippen molar-refractivity contribution < 1.29 is 28.8 Å². The SMILES string of the molecule is Cc1cccc(C(=O)NC2CC(n3cnc4c(NC5CCN(CCCCCCNC(=O)CNc6cccc7c6C(=O)N(C6CCC(=O)NC6=O)C7=O)CC5)ncnc43)C2)n1. The van der Waals surface area contributed by atoms with Crippen molar-refractivity contribution in [3.63, 3.8) is 0 Å². The second kappa shape index (κ2) is 17.9. The lowest BCUT2D eigenvalue weighted by Gasteiger charge is -2.36. The average Bonchev–Trinajstić information content (AvgIpc) is 3.77. The van der Waals surface area contributed by atoms with Gasteiger partial charge in [0, 0.05) is 55.6 Å². The van der Waals surface area contributed by atoms with E-state index >= 15 is 0 Å². The molecule has 314 valence electrons. The number of fused-ring (bicyclic) bond motifs is 2. The van der Waals surface area contributed by atoms with Gasteiger partial charge in [-0.1, -0.05) is 25.0 Å². The molecule has 5 N–H and O–H groups in total. The Kier molecular flexibility index (Phi) is 12.1. The van der Waals surface area contributed by atoms with Crippen molar-refractivity contribution in [1.29, 1.82) is 0 Å². The topological polar surface area (TPSA) is 226 Å². The zero-order valence-corrected chi connectivity index (χ0v) is 33.6. The maximum absolute atomic E-state index is 13.3. The number of imidazole rings is 1. The Morgan fingerprint density at radius 2 is 1.68 bits per heavy atom. The Hall–Kier alpha value is -6.30. The number of benzene rings is 1. The lowest BCUT2D eigenvalue weighted by Crippen LogP contribution is -2.54. The van der Waals surface area contributed by atoms with Gasteiger partial charge in [0.05, 0.1) is 24.0 Å². The fourth-order valence-electron chi connectivity index (χ4n) is 8.52. The highest BCUT2D eigenvalue weighted by atomic mass is 16.2. The van der Waals surface area contributed by atoms with Crippen molar-refractivity contribution in [2.45, 2.75) is 95.3 Å². The van der Waals surface area contributed by atoms with Gasteiger partial charge in [0.2, 0.25) is 17.7 Å². The second-order valence-electron chi connectivity index (χ2n) is 16.1. The number of aromatic nitrogens is 5. The number of nitrogens with zero attached hydrogens (tertiary/aromatic N) is 7. The number of hydrogen-bond acceptors (Lipinski definition) is 13. The van der Waals surface area contributed by atoms with Crippen molar-refractivity contribution >= 4 is 58.1 Å². The standard InChI is InChI=1S/C42H50N12O6/c1-25-8-6-11-31(48-25)39(57)50-27-20-28(21-27)53-24-47-36-37(45-23-46-38(36)53)49-26-14-18-52(19-15-26)17-5-3-2-4-16-43-34(56)22-44-30-10-7-9-29-35(30)42(60)54(41(29)59)32-12-13-33(55)51-40(32)58/h6-11,23-24,26-28,32,44H,2-5,12-22H2,1H3,(H,43,56)(H,50,57)(H,45,46,49)(H,51,55,58). The molecule has 8 rings (SSSR count). The van der Waals surface area contributed by atoms with Crippen LogP contribution in [-0.4, -0.2) is 121 Å². The molecule has 18 heteroatoms. The van der Waals surface area contributed by atoms with E-state index in [1.165, 1.54) is 6.07 Å². The maximum Gasteiger partial charge on any atom is 0.270 e. The summed E-state index contributed by atoms with van der Waals surface area (Å²) in [6, 6.07) is 9.72. The third kappa shape index (κ3) is 8.83. The van der Waals surface area contributed by atoms with Gasteiger partial charge >= 0.3 is 0 Å². The number of piperidine rings is 2. The van der Waals surface area contributed by atoms with E-state index in [-0.39, 0.29) is 54.4 Å². The van der Waals surface area contributed by atoms with Crippen molar-refractivity contribution in [2.75, 3.05) is 43.4 Å². The molecule has 3 fully saturated rings. The zero-order valence-electron chi connectivity index (χ0n) is 33.6. The molecule has 18 nitrogen and oxygen atoms in total. The van der Waals surface area contributed by atoms with Crippen LogP contribution in [0, 0.1) is 6.92 Å². The van der Waals surface area contributed by atoms with Gasteiger partial charge in [-0.05, 0) is 82.7 Å². The smallest absolute Gasteiger partial charge is 0.270 e. The lowest BCUT2D eigenvalue weighted by atomic mass is 9.86. The highest BCUT2D eigenvalue weighted by molar-refractivity contribution is 6.25. The summed E-state index contributed by atoms with van der Waals surface area (Å²) in [4.78, 5) is 97.1. The molecule has 1 aliphatic carbocycles. The van der Waals surface area contributed by atoms with E-state index < -0.39 is 29.7 Å². The number of carbonyl (C=O) groups is 6. The molecule has 6 heterocycles. The quantitative estimate of drug-likeness (QED) is 0.0811. The molecule has 1 saturated carbocycles. The summed E-state index contributed by atoms with van der Waals surface area (Å²) in [5, 5.41) is 14.8. The fourth-order valence-corrected chi connectivity index (χ4v) is 8.52. The number of likely N-dealkylation sites (tertiary alicyclic amines) is 1. The van der Waals surface area contributed by atoms with E-state index in [0.717, 1.165) is 98.6 Å². The molecule has 1 unspecified atom stereocenters. The van der Waals surface area contributed by atoms with Crippen molar-refractivity contribution in [3.05, 3.63) is 71.6 Å². The first-order valence-corrected chi connectivity index (χ1v) is 20.9. The zero-order chi connectivity index (χ0) is 41.8. The number of amides is 6. The van der Waals surface area contributed by atoms with Crippen LogP contribution in [0.4, 0.5) is 11.5 Å². The number of hydrogen-bond donors (Lipinski definition) is 5. The summed E-state index contributed by atoms with van der Waals surface area (Å²) in [6.45, 7) is 5.34. The van der Waals surface area contributed by atoms with Gasteiger partial charge in [-0.2, -0.15) is 0 Å². The molecule has 3 aromatic heterocycles. The van der Waals surface area contributed by atoms with Gasteiger partial charge < -0.3 is 30.7 Å². The van der Waals surface area contributed by atoms with E-state index in [4.69, 9.17) is 0 Å². The van der Waals surface area contributed by atoms with Gasteiger partial charge in [-0.25, -0.2) is 19.9 Å². The van der Waals surface area contributed by atoms with Crippen LogP contribution in [-0.2, 0) is 14.4 Å². The molecule has 1 atom stereocenters. The summed E-state index contributed by atoms with van der Waals surface area (Å²) in [5.74, 6) is -1.95. The predicted molar refractivity (Wildman–Crippen MR) is 220 cm³/mol. The molecule has 6 amide bonds. The molecule has 60 heavy (non-hydrogen) atoms. The number of imide groups is 2. The molecular weight excluding hydrogens is 769 g/mol. The molecule has 0 bridgehead atoms. The van der Waals surface area contributed by atoms with Gasteiger partial charge in [0.15, 0.2) is 11.5 Å². The molecule has 0 radical (unpaired) electrons. The molecule has 0 spiro atoms. The highest BCUT2D eigenvalue weighted by Crippen LogP contribution is 2.36. The first-order chi connectivity index (χ1) is 29.1. The van der Waals surface area contributed by atoms with E-state index in [1.54, 1.807) is 24.5 Å². The van der Waals surface area contributed by atoms with E-state index in [9.17, 15) is 28.8 Å². The normalized spacial score (nSPS) is 20.8. The molecule has 1 aromatic carbocycles. The van der Waals surface area contributed by atoms with Crippen molar-refractivity contribution in [3.8, 4) is 0 Å². The molecule has 2 saturated heterocycles. The van der Waals surface area contributed by atoms with Gasteiger partial charge in [-0.3, -0.25) is 39.0 Å². The minimum Gasteiger partial charge on any atom is -0.375 e. The van der Waals surface area contributed by atoms with Crippen LogP contribution in [0.15, 0.2) is 49.1 Å². The van der Waals surface area contributed by atoms with Crippen LogP contribution < -0.4 is 26.6 Å². The first kappa shape index (κ1) is 40.5. The largest absolute Gasteiger partial charge is 0.375 e. The Morgan fingerprint density at radius 1 is 0.883 bits per heavy atom. The number of anilines is 2. The van der Waals surface area contributed by atoms with E-state index in [2.05, 4.69) is 56.0 Å². The van der Waals surface area contributed by atoms with Gasteiger partial charge in [0.1, 0.15) is 23.6 Å². The number of nitrogens with one attached hydrogen (secondary N) is 5. The molecule has 4 aliphatic rings. The number of aryl methyl sites for hydroxylation is 1. The molecular formula is C42H50N12O6.